The fourth-order valence-electron chi connectivity index (χ4n) is 2.14. The molecule has 0 aliphatic carbocycles. The van der Waals surface area contributed by atoms with Crippen LogP contribution in [0.3, 0.4) is 0 Å². The fraction of sp³-hybridized carbons (Fsp3) is 0.429. The maximum Gasteiger partial charge on any atom is 0.0842 e. The van der Waals surface area contributed by atoms with Crippen LogP contribution in [0, 0.1) is 5.92 Å². The minimum absolute atomic E-state index is 0.102. The molecule has 1 fully saturated rings. The van der Waals surface area contributed by atoms with Gasteiger partial charge in [-0.15, -0.1) is 0 Å². The Bertz CT molecular complexity index is 362. The molecule has 80 valence electrons. The molecule has 1 aliphatic rings. The molecule has 0 N–H and O–H groups in total. The van der Waals surface area contributed by atoms with Gasteiger partial charge in [0.25, 0.3) is 0 Å². The second-order valence-electron chi connectivity index (χ2n) is 4.73. The zero-order valence-corrected chi connectivity index (χ0v) is 9.66. The second kappa shape index (κ2) is 3.82. The Balaban J connectivity index is 2.33. The van der Waals surface area contributed by atoms with Gasteiger partial charge in [-0.05, 0) is 25.0 Å². The molecule has 0 bridgehead atoms. The van der Waals surface area contributed by atoms with E-state index >= 15 is 0 Å². The number of hydrogen-bond acceptors (Lipinski definition) is 1. The van der Waals surface area contributed by atoms with Crippen LogP contribution in [0.4, 0.5) is 0 Å². The van der Waals surface area contributed by atoms with Gasteiger partial charge in [0.1, 0.15) is 0 Å². The van der Waals surface area contributed by atoms with Gasteiger partial charge in [0.2, 0.25) is 0 Å². The van der Waals surface area contributed by atoms with Crippen LogP contribution in [-0.4, -0.2) is 12.2 Å². The van der Waals surface area contributed by atoms with Crippen molar-refractivity contribution in [3.05, 3.63) is 41.5 Å². The summed E-state index contributed by atoms with van der Waals surface area (Å²) in [6.07, 6.45) is 2.26. The molecule has 1 saturated heterocycles. The maximum absolute atomic E-state index is 5.77. The average molecular weight is 202 g/mol. The highest BCUT2D eigenvalue weighted by Crippen LogP contribution is 2.36. The first kappa shape index (κ1) is 10.4. The highest BCUT2D eigenvalue weighted by Gasteiger charge is 2.34. The SMILES string of the molecule is C[C@@H]1COC(C)(C)/C1=C/c1ccccc1. The van der Waals surface area contributed by atoms with Crippen LogP contribution in [0.5, 0.6) is 0 Å². The van der Waals surface area contributed by atoms with Crippen molar-refractivity contribution in [2.24, 2.45) is 5.92 Å². The monoisotopic (exact) mass is 202 g/mol. The molecule has 0 unspecified atom stereocenters. The van der Waals surface area contributed by atoms with Gasteiger partial charge in [-0.25, -0.2) is 0 Å². The van der Waals surface area contributed by atoms with Crippen LogP contribution in [0.2, 0.25) is 0 Å². The minimum atomic E-state index is -0.102. The van der Waals surface area contributed by atoms with Crippen molar-refractivity contribution in [3.8, 4) is 0 Å². The summed E-state index contributed by atoms with van der Waals surface area (Å²) in [5.74, 6) is 0.528. The Morgan fingerprint density at radius 2 is 1.93 bits per heavy atom. The van der Waals surface area contributed by atoms with Crippen molar-refractivity contribution in [2.45, 2.75) is 26.4 Å². The minimum Gasteiger partial charge on any atom is -0.371 e. The largest absolute Gasteiger partial charge is 0.371 e. The molecule has 1 heterocycles. The van der Waals surface area contributed by atoms with Gasteiger partial charge in [-0.1, -0.05) is 43.3 Å². The molecule has 0 amide bonds. The third-order valence-electron chi connectivity index (χ3n) is 3.04. The van der Waals surface area contributed by atoms with E-state index in [1.54, 1.807) is 0 Å². The first-order valence-corrected chi connectivity index (χ1v) is 5.51. The molecule has 1 aromatic carbocycles. The van der Waals surface area contributed by atoms with Gasteiger partial charge in [0, 0.05) is 5.92 Å². The lowest BCUT2D eigenvalue weighted by molar-refractivity contribution is 0.0515. The van der Waals surface area contributed by atoms with Crippen LogP contribution in [0.15, 0.2) is 35.9 Å². The molecule has 0 aromatic heterocycles. The first-order valence-electron chi connectivity index (χ1n) is 5.51. The maximum atomic E-state index is 5.77. The third-order valence-corrected chi connectivity index (χ3v) is 3.04. The molecule has 2 rings (SSSR count). The standard InChI is InChI=1S/C14H18O/c1-11-10-15-14(2,3)13(11)9-12-7-5-4-6-8-12/h4-9,11H,10H2,1-3H3/b13-9+/t11-/m1/s1. The Labute approximate surface area is 91.8 Å². The third kappa shape index (κ3) is 2.13. The number of rotatable bonds is 1. The number of benzene rings is 1. The van der Waals surface area contributed by atoms with Crippen LogP contribution in [-0.2, 0) is 4.74 Å². The van der Waals surface area contributed by atoms with E-state index in [2.05, 4.69) is 51.1 Å². The van der Waals surface area contributed by atoms with Crippen molar-refractivity contribution in [1.29, 1.82) is 0 Å². The lowest BCUT2D eigenvalue weighted by Crippen LogP contribution is -2.20. The summed E-state index contributed by atoms with van der Waals surface area (Å²) in [6.45, 7) is 7.35. The zero-order valence-electron chi connectivity index (χ0n) is 9.66. The molecule has 1 atom stereocenters. The summed E-state index contributed by atoms with van der Waals surface area (Å²) in [5, 5.41) is 0. The molecule has 1 aliphatic heterocycles. The smallest absolute Gasteiger partial charge is 0.0842 e. The molecular formula is C14H18O. The molecular weight excluding hydrogens is 184 g/mol. The Morgan fingerprint density at radius 3 is 2.47 bits per heavy atom. The fourth-order valence-corrected chi connectivity index (χ4v) is 2.14. The average Bonchev–Trinajstić information content (AvgIpc) is 2.47. The summed E-state index contributed by atoms with van der Waals surface area (Å²) >= 11 is 0. The predicted octanol–water partition coefficient (Wildman–Crippen LogP) is 3.51. The molecule has 1 aromatic rings. The van der Waals surface area contributed by atoms with E-state index in [4.69, 9.17) is 4.74 Å². The van der Waals surface area contributed by atoms with Gasteiger partial charge < -0.3 is 4.74 Å². The summed E-state index contributed by atoms with van der Waals surface area (Å²) < 4.78 is 5.77. The van der Waals surface area contributed by atoms with E-state index in [0.29, 0.717) is 5.92 Å². The van der Waals surface area contributed by atoms with Crippen molar-refractivity contribution < 1.29 is 4.74 Å². The van der Waals surface area contributed by atoms with Crippen LogP contribution < -0.4 is 0 Å². The van der Waals surface area contributed by atoms with Crippen LogP contribution in [0.25, 0.3) is 6.08 Å². The van der Waals surface area contributed by atoms with E-state index in [-0.39, 0.29) is 5.60 Å². The highest BCUT2D eigenvalue weighted by atomic mass is 16.5. The van der Waals surface area contributed by atoms with E-state index < -0.39 is 0 Å². The first-order chi connectivity index (χ1) is 7.09. The molecule has 0 spiro atoms. The van der Waals surface area contributed by atoms with Gasteiger partial charge in [-0.2, -0.15) is 0 Å². The lowest BCUT2D eigenvalue weighted by Gasteiger charge is -2.20. The second-order valence-corrected chi connectivity index (χ2v) is 4.73. The predicted molar refractivity (Wildman–Crippen MR) is 63.6 cm³/mol. The van der Waals surface area contributed by atoms with Gasteiger partial charge in [-0.3, -0.25) is 0 Å². The summed E-state index contributed by atoms with van der Waals surface area (Å²) in [7, 11) is 0. The van der Waals surface area contributed by atoms with Crippen LogP contribution in [0.1, 0.15) is 26.3 Å². The molecule has 0 saturated carbocycles. The summed E-state index contributed by atoms with van der Waals surface area (Å²) in [4.78, 5) is 0. The molecule has 15 heavy (non-hydrogen) atoms. The van der Waals surface area contributed by atoms with Gasteiger partial charge >= 0.3 is 0 Å². The Morgan fingerprint density at radius 1 is 1.27 bits per heavy atom. The van der Waals surface area contributed by atoms with Gasteiger partial charge in [0.15, 0.2) is 0 Å². The Hall–Kier alpha value is -1.08. The Kier molecular flexibility index (Phi) is 2.66. The van der Waals surface area contributed by atoms with Crippen molar-refractivity contribution >= 4 is 6.08 Å². The van der Waals surface area contributed by atoms with E-state index in [1.807, 2.05) is 6.07 Å². The molecule has 1 heteroatoms. The van der Waals surface area contributed by atoms with Crippen molar-refractivity contribution in [3.63, 3.8) is 0 Å². The topological polar surface area (TPSA) is 9.23 Å². The van der Waals surface area contributed by atoms with E-state index in [0.717, 1.165) is 6.61 Å². The summed E-state index contributed by atoms with van der Waals surface area (Å²) in [5.41, 5.74) is 2.56. The zero-order chi connectivity index (χ0) is 10.9. The van der Waals surface area contributed by atoms with E-state index in [1.165, 1.54) is 11.1 Å². The normalized spacial score (nSPS) is 27.1. The highest BCUT2D eigenvalue weighted by molar-refractivity contribution is 5.56. The molecule has 0 radical (unpaired) electrons. The van der Waals surface area contributed by atoms with Crippen molar-refractivity contribution in [2.75, 3.05) is 6.61 Å². The van der Waals surface area contributed by atoms with Crippen molar-refractivity contribution in [1.82, 2.24) is 0 Å². The number of ether oxygens (including phenoxy) is 1. The lowest BCUT2D eigenvalue weighted by atomic mass is 9.89. The van der Waals surface area contributed by atoms with Crippen LogP contribution >= 0.6 is 0 Å². The number of hydrogen-bond donors (Lipinski definition) is 0. The van der Waals surface area contributed by atoms with Gasteiger partial charge in [0.05, 0.1) is 12.2 Å². The molecule has 1 nitrogen and oxygen atoms in total. The quantitative estimate of drug-likeness (QED) is 0.677. The summed E-state index contributed by atoms with van der Waals surface area (Å²) in [6, 6.07) is 10.4. The van der Waals surface area contributed by atoms with E-state index in [9.17, 15) is 0 Å².